The minimum absolute atomic E-state index is 0.0936. The second-order valence-electron chi connectivity index (χ2n) is 7.60. The van der Waals surface area contributed by atoms with Crippen molar-refractivity contribution in [3.05, 3.63) is 40.8 Å². The molecule has 3 aliphatic heterocycles. The normalized spacial score (nSPS) is 18.7. The van der Waals surface area contributed by atoms with Crippen molar-refractivity contribution in [3.8, 4) is 40.0 Å². The summed E-state index contributed by atoms with van der Waals surface area (Å²) >= 11 is 1.57. The lowest BCUT2D eigenvalue weighted by Gasteiger charge is -2.36. The van der Waals surface area contributed by atoms with Crippen LogP contribution in [0.5, 0.6) is 28.7 Å². The molecule has 1 atom stereocenters. The molecule has 9 heteroatoms. The van der Waals surface area contributed by atoms with Crippen molar-refractivity contribution in [2.24, 2.45) is 0 Å². The molecular weight excluding hydrogens is 418 g/mol. The van der Waals surface area contributed by atoms with Crippen molar-refractivity contribution in [1.82, 2.24) is 9.88 Å². The van der Waals surface area contributed by atoms with Crippen LogP contribution in [0.4, 0.5) is 5.13 Å². The summed E-state index contributed by atoms with van der Waals surface area (Å²) in [4.78, 5) is 7.08. The first kappa shape index (κ1) is 18.6. The number of thiazole rings is 1. The van der Waals surface area contributed by atoms with E-state index in [9.17, 15) is 0 Å². The minimum Gasteiger partial charge on any atom is -0.492 e. The van der Waals surface area contributed by atoms with Gasteiger partial charge in [-0.1, -0.05) is 0 Å². The molecule has 0 aliphatic carbocycles. The number of anilines is 1. The van der Waals surface area contributed by atoms with Gasteiger partial charge in [0.05, 0.1) is 12.8 Å². The van der Waals surface area contributed by atoms with Crippen molar-refractivity contribution in [1.29, 1.82) is 0 Å². The number of benzene rings is 2. The zero-order chi connectivity index (χ0) is 20.9. The van der Waals surface area contributed by atoms with E-state index in [2.05, 4.69) is 23.3 Å². The molecule has 0 bridgehead atoms. The zero-order valence-corrected chi connectivity index (χ0v) is 18.0. The summed E-state index contributed by atoms with van der Waals surface area (Å²) in [5.41, 5.74) is 4.15. The highest BCUT2D eigenvalue weighted by molar-refractivity contribution is 7.14. The molecule has 0 fully saturated rings. The molecule has 8 nitrogen and oxygen atoms in total. The molecule has 0 spiro atoms. The SMILES string of the molecule is COc1c2c(cc3c1C(Nc1nc(-c4ccc5c(c4)OCO5)cs1)N(C)CC3)OCO2. The molecule has 4 heterocycles. The van der Waals surface area contributed by atoms with Crippen LogP contribution in [0.15, 0.2) is 29.6 Å². The van der Waals surface area contributed by atoms with Gasteiger partial charge in [-0.2, -0.15) is 0 Å². The molecule has 3 aliphatic rings. The number of hydrogen-bond acceptors (Lipinski definition) is 9. The number of methoxy groups -OCH3 is 1. The number of aromatic nitrogens is 1. The Morgan fingerprint density at radius 3 is 2.84 bits per heavy atom. The minimum atomic E-state index is -0.0936. The smallest absolute Gasteiger partial charge is 0.231 e. The molecule has 31 heavy (non-hydrogen) atoms. The lowest BCUT2D eigenvalue weighted by Crippen LogP contribution is -2.37. The predicted octanol–water partition coefficient (Wildman–Crippen LogP) is 3.87. The van der Waals surface area contributed by atoms with E-state index >= 15 is 0 Å². The van der Waals surface area contributed by atoms with Crippen LogP contribution >= 0.6 is 11.3 Å². The second-order valence-corrected chi connectivity index (χ2v) is 8.46. The van der Waals surface area contributed by atoms with Crippen LogP contribution in [-0.2, 0) is 6.42 Å². The van der Waals surface area contributed by atoms with Gasteiger partial charge in [-0.05, 0) is 43.3 Å². The second kappa shape index (κ2) is 7.21. The Morgan fingerprint density at radius 2 is 1.94 bits per heavy atom. The average molecular weight is 439 g/mol. The number of rotatable bonds is 4. The van der Waals surface area contributed by atoms with E-state index in [1.165, 1.54) is 5.56 Å². The molecule has 3 aromatic rings. The predicted molar refractivity (Wildman–Crippen MR) is 115 cm³/mol. The Hall–Kier alpha value is -3.17. The highest BCUT2D eigenvalue weighted by Gasteiger charge is 2.34. The Bertz CT molecular complexity index is 1160. The van der Waals surface area contributed by atoms with Crippen LogP contribution < -0.4 is 29.0 Å². The van der Waals surface area contributed by atoms with Crippen LogP contribution in [0.25, 0.3) is 11.3 Å². The van der Waals surface area contributed by atoms with E-state index in [0.29, 0.717) is 5.75 Å². The quantitative estimate of drug-likeness (QED) is 0.657. The van der Waals surface area contributed by atoms with Crippen molar-refractivity contribution >= 4 is 16.5 Å². The summed E-state index contributed by atoms with van der Waals surface area (Å²) in [6.45, 7) is 1.39. The maximum absolute atomic E-state index is 5.77. The van der Waals surface area contributed by atoms with E-state index in [1.54, 1.807) is 18.4 Å². The maximum Gasteiger partial charge on any atom is 0.231 e. The van der Waals surface area contributed by atoms with Gasteiger partial charge in [0.15, 0.2) is 28.1 Å². The molecule has 0 amide bonds. The van der Waals surface area contributed by atoms with Crippen LogP contribution in [0.1, 0.15) is 17.3 Å². The zero-order valence-electron chi connectivity index (χ0n) is 17.1. The van der Waals surface area contributed by atoms with E-state index in [-0.39, 0.29) is 19.8 Å². The summed E-state index contributed by atoms with van der Waals surface area (Å²) in [7, 11) is 3.77. The van der Waals surface area contributed by atoms with Crippen molar-refractivity contribution < 1.29 is 23.7 Å². The van der Waals surface area contributed by atoms with E-state index in [4.69, 9.17) is 28.7 Å². The fourth-order valence-corrected chi connectivity index (χ4v) is 5.00. The Labute approximate surface area is 183 Å². The first-order valence-electron chi connectivity index (χ1n) is 10.0. The van der Waals surface area contributed by atoms with Gasteiger partial charge in [0.2, 0.25) is 19.3 Å². The van der Waals surface area contributed by atoms with Gasteiger partial charge in [-0.3, -0.25) is 4.90 Å². The molecule has 0 radical (unpaired) electrons. The van der Waals surface area contributed by atoms with Gasteiger partial charge >= 0.3 is 0 Å². The lowest BCUT2D eigenvalue weighted by molar-refractivity contribution is 0.170. The number of nitrogens with zero attached hydrogens (tertiary/aromatic N) is 2. The highest BCUT2D eigenvalue weighted by atomic mass is 32.1. The largest absolute Gasteiger partial charge is 0.492 e. The van der Waals surface area contributed by atoms with Crippen LogP contribution in [0, 0.1) is 0 Å². The third-order valence-electron chi connectivity index (χ3n) is 5.83. The highest BCUT2D eigenvalue weighted by Crippen LogP contribution is 2.49. The van der Waals surface area contributed by atoms with E-state index in [1.807, 2.05) is 23.6 Å². The number of nitrogens with one attached hydrogen (secondary N) is 1. The van der Waals surface area contributed by atoms with Gasteiger partial charge in [-0.25, -0.2) is 4.98 Å². The number of ether oxygens (including phenoxy) is 5. The van der Waals surface area contributed by atoms with Gasteiger partial charge in [-0.15, -0.1) is 11.3 Å². The van der Waals surface area contributed by atoms with Crippen LogP contribution in [0.3, 0.4) is 0 Å². The number of hydrogen-bond donors (Lipinski definition) is 1. The Balaban J connectivity index is 1.33. The molecule has 1 N–H and O–H groups in total. The molecule has 1 unspecified atom stereocenters. The first-order chi connectivity index (χ1) is 15.2. The standard InChI is InChI=1S/C22H21N3O5S/c1-25-6-5-13-8-17-19(30-11-29-17)20(26-2)18(13)21(25)24-22-23-14(9-31-22)12-3-4-15-16(7-12)28-10-27-15/h3-4,7-9,21H,5-6,10-11H2,1-2H3,(H,23,24). The van der Waals surface area contributed by atoms with Crippen molar-refractivity contribution in [2.75, 3.05) is 39.6 Å². The third-order valence-corrected chi connectivity index (χ3v) is 6.60. The van der Waals surface area contributed by atoms with Gasteiger partial charge in [0, 0.05) is 23.1 Å². The monoisotopic (exact) mass is 439 g/mol. The molecule has 6 rings (SSSR count). The first-order valence-corrected chi connectivity index (χ1v) is 10.9. The summed E-state index contributed by atoms with van der Waals surface area (Å²) in [6, 6.07) is 7.95. The Morgan fingerprint density at radius 1 is 1.10 bits per heavy atom. The van der Waals surface area contributed by atoms with Gasteiger partial charge in [0.25, 0.3) is 0 Å². The van der Waals surface area contributed by atoms with E-state index < -0.39 is 0 Å². The number of fused-ring (bicyclic) bond motifs is 3. The van der Waals surface area contributed by atoms with Crippen LogP contribution in [0.2, 0.25) is 0 Å². The molecule has 0 saturated carbocycles. The van der Waals surface area contributed by atoms with Crippen molar-refractivity contribution in [3.63, 3.8) is 0 Å². The third kappa shape index (κ3) is 3.03. The number of likely N-dealkylation sites (N-methyl/N-ethyl adjacent to an activating group) is 1. The van der Waals surface area contributed by atoms with Gasteiger partial charge < -0.3 is 29.0 Å². The summed E-state index contributed by atoms with van der Waals surface area (Å²) < 4.78 is 28.0. The van der Waals surface area contributed by atoms with Crippen molar-refractivity contribution in [2.45, 2.75) is 12.6 Å². The molecule has 2 aromatic carbocycles. The summed E-state index contributed by atoms with van der Waals surface area (Å²) in [6.07, 6.45) is 0.820. The maximum atomic E-state index is 5.77. The topological polar surface area (TPSA) is 74.3 Å². The molecule has 0 saturated heterocycles. The summed E-state index contributed by atoms with van der Waals surface area (Å²) in [5, 5.41) is 6.47. The lowest BCUT2D eigenvalue weighted by atomic mass is 9.95. The molecule has 1 aromatic heterocycles. The molecular formula is C22H21N3O5S. The van der Waals surface area contributed by atoms with Gasteiger partial charge in [0.1, 0.15) is 6.17 Å². The summed E-state index contributed by atoms with van der Waals surface area (Å²) in [5.74, 6) is 3.66. The van der Waals surface area contributed by atoms with Crippen LogP contribution in [-0.4, -0.2) is 44.2 Å². The average Bonchev–Trinajstić information content (AvgIpc) is 3.54. The Kier molecular flexibility index (Phi) is 4.32. The molecule has 160 valence electrons. The fourth-order valence-electron chi connectivity index (χ4n) is 4.26. The fraction of sp³-hybridized carbons (Fsp3) is 0.318. The van der Waals surface area contributed by atoms with E-state index in [0.717, 1.165) is 57.9 Å².